The highest BCUT2D eigenvalue weighted by Gasteiger charge is 2.24. The van der Waals surface area contributed by atoms with Crippen molar-refractivity contribution in [1.82, 2.24) is 4.98 Å². The molecule has 0 aliphatic heterocycles. The van der Waals surface area contributed by atoms with E-state index in [0.29, 0.717) is 10.6 Å². The van der Waals surface area contributed by atoms with Crippen molar-refractivity contribution in [3.8, 4) is 11.1 Å². The van der Waals surface area contributed by atoms with Gasteiger partial charge in [0.1, 0.15) is 5.56 Å². The quantitative estimate of drug-likeness (QED) is 0.941. The lowest BCUT2D eigenvalue weighted by Crippen LogP contribution is -2.11. The van der Waals surface area contributed by atoms with E-state index in [4.69, 9.17) is 11.6 Å². The Kier molecular flexibility index (Phi) is 3.78. The highest BCUT2D eigenvalue weighted by atomic mass is 35.5. The summed E-state index contributed by atoms with van der Waals surface area (Å²) in [5, 5.41) is 9.27. The minimum atomic E-state index is -3.74. The van der Waals surface area contributed by atoms with Crippen LogP contribution in [-0.2, 0) is 9.84 Å². The number of hydrogen-bond donors (Lipinski definition) is 1. The van der Waals surface area contributed by atoms with Gasteiger partial charge in [-0.15, -0.1) is 0 Å². The van der Waals surface area contributed by atoms with Crippen LogP contribution in [-0.4, -0.2) is 30.7 Å². The molecule has 0 spiro atoms. The molecule has 0 saturated heterocycles. The zero-order valence-corrected chi connectivity index (χ0v) is 11.9. The van der Waals surface area contributed by atoms with E-state index >= 15 is 0 Å². The number of aromatic carboxylic acids is 1. The lowest BCUT2D eigenvalue weighted by Gasteiger charge is -2.09. The van der Waals surface area contributed by atoms with Gasteiger partial charge >= 0.3 is 5.97 Å². The molecule has 1 N–H and O–H groups in total. The Labute approximate surface area is 120 Å². The summed E-state index contributed by atoms with van der Waals surface area (Å²) < 4.78 is 23.3. The normalized spacial score (nSPS) is 11.3. The number of rotatable bonds is 3. The molecular weight excluding hydrogens is 302 g/mol. The number of halogens is 1. The molecule has 0 bridgehead atoms. The van der Waals surface area contributed by atoms with Crippen LogP contribution in [0, 0.1) is 0 Å². The monoisotopic (exact) mass is 311 g/mol. The van der Waals surface area contributed by atoms with Gasteiger partial charge < -0.3 is 5.11 Å². The summed E-state index contributed by atoms with van der Waals surface area (Å²) in [6.45, 7) is 0. The van der Waals surface area contributed by atoms with E-state index in [1.807, 2.05) is 0 Å². The Morgan fingerprint density at radius 3 is 2.55 bits per heavy atom. The molecule has 0 amide bonds. The van der Waals surface area contributed by atoms with E-state index in [9.17, 15) is 18.3 Å². The molecule has 7 heteroatoms. The molecule has 0 saturated carbocycles. The second-order valence-corrected chi connectivity index (χ2v) is 6.49. The zero-order valence-electron chi connectivity index (χ0n) is 10.4. The Hall–Kier alpha value is -1.92. The maximum Gasteiger partial charge on any atom is 0.339 e. The number of hydrogen-bond acceptors (Lipinski definition) is 4. The molecule has 2 rings (SSSR count). The lowest BCUT2D eigenvalue weighted by atomic mass is 10.0. The molecule has 1 aromatic carbocycles. The largest absolute Gasteiger partial charge is 0.478 e. The van der Waals surface area contributed by atoms with Gasteiger partial charge in [0.05, 0.1) is 0 Å². The van der Waals surface area contributed by atoms with Crippen LogP contribution in [0.2, 0.25) is 5.02 Å². The SMILES string of the molecule is CS(=O)(=O)c1nccc(-c2cccc(Cl)c2)c1C(=O)O. The fourth-order valence-corrected chi connectivity index (χ4v) is 2.84. The van der Waals surface area contributed by atoms with Crippen molar-refractivity contribution in [3.63, 3.8) is 0 Å². The first kappa shape index (κ1) is 14.5. The fraction of sp³-hybridized carbons (Fsp3) is 0.0769. The Morgan fingerprint density at radius 2 is 2.00 bits per heavy atom. The first-order chi connectivity index (χ1) is 9.30. The van der Waals surface area contributed by atoms with Crippen molar-refractivity contribution in [1.29, 1.82) is 0 Å². The maximum atomic E-state index is 11.7. The van der Waals surface area contributed by atoms with E-state index in [-0.39, 0.29) is 11.1 Å². The number of carbonyl (C=O) groups is 1. The van der Waals surface area contributed by atoms with Gasteiger partial charge in [-0.2, -0.15) is 0 Å². The molecular formula is C13H10ClNO4S. The average Bonchev–Trinajstić information content (AvgIpc) is 2.36. The van der Waals surface area contributed by atoms with Gasteiger partial charge in [0, 0.05) is 23.0 Å². The van der Waals surface area contributed by atoms with Crippen LogP contribution in [0.5, 0.6) is 0 Å². The summed E-state index contributed by atoms with van der Waals surface area (Å²) in [6.07, 6.45) is 2.18. The lowest BCUT2D eigenvalue weighted by molar-refractivity contribution is 0.0692. The van der Waals surface area contributed by atoms with E-state index in [2.05, 4.69) is 4.98 Å². The van der Waals surface area contributed by atoms with Crippen molar-refractivity contribution in [3.05, 3.63) is 47.1 Å². The minimum absolute atomic E-state index is 0.260. The number of benzene rings is 1. The highest BCUT2D eigenvalue weighted by molar-refractivity contribution is 7.90. The summed E-state index contributed by atoms with van der Waals surface area (Å²) in [6, 6.07) is 7.97. The van der Waals surface area contributed by atoms with Gasteiger partial charge in [-0.1, -0.05) is 23.7 Å². The summed E-state index contributed by atoms with van der Waals surface area (Å²) in [4.78, 5) is 15.1. The summed E-state index contributed by atoms with van der Waals surface area (Å²) in [5.41, 5.74) is 0.426. The van der Waals surface area contributed by atoms with E-state index < -0.39 is 20.8 Å². The Morgan fingerprint density at radius 1 is 1.30 bits per heavy atom. The molecule has 0 radical (unpaired) electrons. The molecule has 1 heterocycles. The summed E-state index contributed by atoms with van der Waals surface area (Å²) in [5.74, 6) is -1.35. The summed E-state index contributed by atoms with van der Waals surface area (Å²) in [7, 11) is -3.74. The molecule has 5 nitrogen and oxygen atoms in total. The van der Waals surface area contributed by atoms with Gasteiger partial charge in [0.25, 0.3) is 0 Å². The molecule has 1 aromatic heterocycles. The Balaban J connectivity index is 2.81. The second kappa shape index (κ2) is 5.22. The predicted octanol–water partition coefficient (Wildman–Crippen LogP) is 2.50. The van der Waals surface area contributed by atoms with Crippen LogP contribution < -0.4 is 0 Å². The number of aromatic nitrogens is 1. The number of pyridine rings is 1. The molecule has 0 aliphatic carbocycles. The first-order valence-electron chi connectivity index (χ1n) is 5.49. The van der Waals surface area contributed by atoms with Crippen LogP contribution in [0.4, 0.5) is 0 Å². The van der Waals surface area contributed by atoms with Crippen molar-refractivity contribution < 1.29 is 18.3 Å². The van der Waals surface area contributed by atoms with Crippen molar-refractivity contribution in [2.24, 2.45) is 0 Å². The fourth-order valence-electron chi connectivity index (χ4n) is 1.83. The van der Waals surface area contributed by atoms with Gasteiger partial charge in [-0.3, -0.25) is 0 Å². The topological polar surface area (TPSA) is 84.3 Å². The highest BCUT2D eigenvalue weighted by Crippen LogP contribution is 2.29. The molecule has 104 valence electrons. The van der Waals surface area contributed by atoms with Crippen LogP contribution in [0.25, 0.3) is 11.1 Å². The predicted molar refractivity (Wildman–Crippen MR) is 74.8 cm³/mol. The van der Waals surface area contributed by atoms with Crippen molar-refractivity contribution in [2.45, 2.75) is 5.03 Å². The van der Waals surface area contributed by atoms with Crippen molar-refractivity contribution >= 4 is 27.4 Å². The van der Waals surface area contributed by atoms with Gasteiger partial charge in [0.2, 0.25) is 0 Å². The van der Waals surface area contributed by atoms with E-state index in [1.165, 1.54) is 12.3 Å². The molecule has 0 atom stereocenters. The second-order valence-electron chi connectivity index (χ2n) is 4.13. The number of nitrogens with zero attached hydrogens (tertiary/aromatic N) is 1. The van der Waals surface area contributed by atoms with Crippen molar-refractivity contribution in [2.75, 3.05) is 6.26 Å². The average molecular weight is 312 g/mol. The van der Waals surface area contributed by atoms with Gasteiger partial charge in [0.15, 0.2) is 14.9 Å². The van der Waals surface area contributed by atoms with Crippen LogP contribution in [0.1, 0.15) is 10.4 Å². The number of carboxylic acids is 1. The standard InChI is InChI=1S/C13H10ClNO4S/c1-20(18,19)12-11(13(16)17)10(5-6-15-12)8-3-2-4-9(14)7-8/h2-7H,1H3,(H,16,17). The van der Waals surface area contributed by atoms with Gasteiger partial charge in [-0.05, 0) is 23.8 Å². The van der Waals surface area contributed by atoms with E-state index in [0.717, 1.165) is 6.26 Å². The smallest absolute Gasteiger partial charge is 0.339 e. The Bertz CT molecular complexity index is 787. The summed E-state index contributed by atoms with van der Waals surface area (Å²) >= 11 is 5.88. The van der Waals surface area contributed by atoms with Crippen LogP contribution in [0.3, 0.4) is 0 Å². The third kappa shape index (κ3) is 2.81. The van der Waals surface area contributed by atoms with Gasteiger partial charge in [-0.25, -0.2) is 18.2 Å². The third-order valence-electron chi connectivity index (χ3n) is 2.62. The minimum Gasteiger partial charge on any atom is -0.478 e. The number of sulfone groups is 1. The zero-order chi connectivity index (χ0) is 14.9. The molecule has 20 heavy (non-hydrogen) atoms. The molecule has 2 aromatic rings. The van der Waals surface area contributed by atoms with E-state index in [1.54, 1.807) is 24.3 Å². The molecule has 0 fully saturated rings. The molecule has 0 unspecified atom stereocenters. The van der Waals surface area contributed by atoms with Crippen LogP contribution >= 0.6 is 11.6 Å². The van der Waals surface area contributed by atoms with Crippen LogP contribution in [0.15, 0.2) is 41.6 Å². The number of carboxylic acid groups (broad SMARTS) is 1. The first-order valence-corrected chi connectivity index (χ1v) is 7.76. The molecule has 0 aliphatic rings. The maximum absolute atomic E-state index is 11.7. The third-order valence-corrected chi connectivity index (χ3v) is 3.86.